The van der Waals surface area contributed by atoms with Crippen molar-refractivity contribution >= 4 is 0 Å². The summed E-state index contributed by atoms with van der Waals surface area (Å²) in [5, 5.41) is 7.40. The molecule has 0 unspecified atom stereocenters. The molecular formula is C13H22N2O2. The summed E-state index contributed by atoms with van der Waals surface area (Å²) in [7, 11) is 0. The van der Waals surface area contributed by atoms with Crippen LogP contribution in [0.2, 0.25) is 0 Å². The van der Waals surface area contributed by atoms with Gasteiger partial charge in [0.15, 0.2) is 5.76 Å². The van der Waals surface area contributed by atoms with Gasteiger partial charge in [-0.2, -0.15) is 0 Å². The third-order valence-electron chi connectivity index (χ3n) is 2.92. The molecule has 0 saturated heterocycles. The zero-order valence-corrected chi connectivity index (χ0v) is 11.0. The summed E-state index contributed by atoms with van der Waals surface area (Å²) in [6.07, 6.45) is 4.11. The highest BCUT2D eigenvalue weighted by atomic mass is 16.5. The molecule has 2 rings (SSSR count). The number of ether oxygens (including phenoxy) is 1. The van der Waals surface area contributed by atoms with E-state index in [2.05, 4.69) is 31.2 Å². The van der Waals surface area contributed by atoms with E-state index in [1.54, 1.807) is 0 Å². The molecule has 0 bridgehead atoms. The first kappa shape index (κ1) is 12.6. The molecule has 0 radical (unpaired) electrons. The molecule has 1 fully saturated rings. The van der Waals surface area contributed by atoms with Crippen molar-refractivity contribution in [2.24, 2.45) is 0 Å². The second kappa shape index (κ2) is 5.19. The minimum atomic E-state index is 0.0988. The molecule has 0 aromatic carbocycles. The third kappa shape index (κ3) is 4.13. The number of nitrogens with one attached hydrogen (secondary N) is 1. The van der Waals surface area contributed by atoms with Gasteiger partial charge in [-0.1, -0.05) is 5.16 Å². The van der Waals surface area contributed by atoms with Crippen molar-refractivity contribution < 1.29 is 9.26 Å². The van der Waals surface area contributed by atoms with E-state index >= 15 is 0 Å². The summed E-state index contributed by atoms with van der Waals surface area (Å²) in [4.78, 5) is 0. The molecule has 0 amide bonds. The fourth-order valence-corrected chi connectivity index (χ4v) is 1.60. The molecule has 1 aliphatic rings. The monoisotopic (exact) mass is 238 g/mol. The van der Waals surface area contributed by atoms with Crippen molar-refractivity contribution in [1.29, 1.82) is 0 Å². The molecule has 96 valence electrons. The van der Waals surface area contributed by atoms with Gasteiger partial charge in [-0.15, -0.1) is 0 Å². The van der Waals surface area contributed by atoms with E-state index in [0.717, 1.165) is 18.0 Å². The zero-order chi connectivity index (χ0) is 12.3. The Labute approximate surface area is 103 Å². The minimum absolute atomic E-state index is 0.0988. The van der Waals surface area contributed by atoms with Gasteiger partial charge in [-0.05, 0) is 40.0 Å². The lowest BCUT2D eigenvalue weighted by Crippen LogP contribution is -2.35. The number of hydrogen-bond acceptors (Lipinski definition) is 4. The van der Waals surface area contributed by atoms with Crippen molar-refractivity contribution in [3.05, 3.63) is 17.5 Å². The van der Waals surface area contributed by atoms with Crippen LogP contribution in [0.15, 0.2) is 10.6 Å². The second-order valence-electron chi connectivity index (χ2n) is 5.75. The maximum atomic E-state index is 5.67. The maximum absolute atomic E-state index is 5.67. The van der Waals surface area contributed by atoms with Crippen LogP contribution in [0.4, 0.5) is 0 Å². The lowest BCUT2D eigenvalue weighted by molar-refractivity contribution is -0.0174. The van der Waals surface area contributed by atoms with Crippen molar-refractivity contribution in [2.45, 2.75) is 64.8 Å². The van der Waals surface area contributed by atoms with Gasteiger partial charge in [0.1, 0.15) is 6.61 Å². The maximum Gasteiger partial charge on any atom is 0.162 e. The molecule has 1 saturated carbocycles. The van der Waals surface area contributed by atoms with E-state index in [1.165, 1.54) is 19.3 Å². The van der Waals surface area contributed by atoms with Crippen LogP contribution < -0.4 is 5.32 Å². The predicted molar refractivity (Wildman–Crippen MR) is 65.5 cm³/mol. The predicted octanol–water partition coefficient (Wildman–Crippen LogP) is 2.63. The fourth-order valence-electron chi connectivity index (χ4n) is 1.60. The van der Waals surface area contributed by atoms with Crippen LogP contribution in [0.3, 0.4) is 0 Å². The lowest BCUT2D eigenvalue weighted by atomic mass is 9.96. The van der Waals surface area contributed by atoms with E-state index in [-0.39, 0.29) is 5.54 Å². The molecule has 4 nitrogen and oxygen atoms in total. The summed E-state index contributed by atoms with van der Waals surface area (Å²) in [6, 6.07) is 1.97. The molecule has 1 aliphatic carbocycles. The first-order valence-electron chi connectivity index (χ1n) is 6.34. The molecule has 1 aromatic rings. The summed E-state index contributed by atoms with van der Waals surface area (Å²) in [5.74, 6) is 0.822. The molecule has 1 heterocycles. The quantitative estimate of drug-likeness (QED) is 0.856. The van der Waals surface area contributed by atoms with E-state index in [9.17, 15) is 0 Å². The summed E-state index contributed by atoms with van der Waals surface area (Å²) < 4.78 is 10.9. The summed E-state index contributed by atoms with van der Waals surface area (Å²) in [6.45, 7) is 7.68. The number of nitrogens with zero attached hydrogens (tertiary/aromatic N) is 1. The Kier molecular flexibility index (Phi) is 3.84. The fraction of sp³-hybridized carbons (Fsp3) is 0.769. The van der Waals surface area contributed by atoms with Gasteiger partial charge < -0.3 is 14.6 Å². The average molecular weight is 238 g/mol. The molecule has 0 spiro atoms. The van der Waals surface area contributed by atoms with Crippen LogP contribution in [0.5, 0.6) is 0 Å². The average Bonchev–Trinajstić information content (AvgIpc) is 2.59. The van der Waals surface area contributed by atoms with Crippen LogP contribution in [0.1, 0.15) is 51.5 Å². The Morgan fingerprint density at radius 3 is 2.82 bits per heavy atom. The smallest absolute Gasteiger partial charge is 0.162 e. The molecule has 4 heteroatoms. The van der Waals surface area contributed by atoms with Crippen LogP contribution >= 0.6 is 0 Å². The van der Waals surface area contributed by atoms with E-state index in [1.807, 2.05) is 6.07 Å². The van der Waals surface area contributed by atoms with Gasteiger partial charge in [-0.25, -0.2) is 0 Å². The normalized spacial score (nSPS) is 17.1. The van der Waals surface area contributed by atoms with Crippen molar-refractivity contribution in [2.75, 3.05) is 0 Å². The SMILES string of the molecule is CC(C)(C)NCc1cc(COC2CCC2)on1. The Balaban J connectivity index is 1.74. The molecular weight excluding hydrogens is 216 g/mol. The van der Waals surface area contributed by atoms with Crippen LogP contribution in [-0.4, -0.2) is 16.8 Å². The van der Waals surface area contributed by atoms with Crippen molar-refractivity contribution in [3.8, 4) is 0 Å². The van der Waals surface area contributed by atoms with Crippen LogP contribution in [0.25, 0.3) is 0 Å². The molecule has 1 aromatic heterocycles. The van der Waals surface area contributed by atoms with Crippen LogP contribution in [-0.2, 0) is 17.9 Å². The van der Waals surface area contributed by atoms with Gasteiger partial charge in [0.05, 0.1) is 11.8 Å². The number of rotatable bonds is 5. The highest BCUT2D eigenvalue weighted by Gasteiger charge is 2.18. The molecule has 1 N–H and O–H groups in total. The first-order valence-corrected chi connectivity index (χ1v) is 6.34. The van der Waals surface area contributed by atoms with Crippen LogP contribution in [0, 0.1) is 0 Å². The summed E-state index contributed by atoms with van der Waals surface area (Å²) in [5.41, 5.74) is 1.04. The Hall–Kier alpha value is -0.870. The zero-order valence-electron chi connectivity index (χ0n) is 11.0. The van der Waals surface area contributed by atoms with E-state index in [4.69, 9.17) is 9.26 Å². The molecule has 0 aliphatic heterocycles. The lowest BCUT2D eigenvalue weighted by Gasteiger charge is -2.24. The summed E-state index contributed by atoms with van der Waals surface area (Å²) >= 11 is 0. The van der Waals surface area contributed by atoms with Gasteiger partial charge in [0, 0.05) is 18.2 Å². The van der Waals surface area contributed by atoms with Crippen molar-refractivity contribution in [3.63, 3.8) is 0 Å². The van der Waals surface area contributed by atoms with E-state index in [0.29, 0.717) is 12.7 Å². The molecule has 0 atom stereocenters. The van der Waals surface area contributed by atoms with E-state index < -0.39 is 0 Å². The third-order valence-corrected chi connectivity index (χ3v) is 2.92. The number of aromatic nitrogens is 1. The van der Waals surface area contributed by atoms with Gasteiger partial charge >= 0.3 is 0 Å². The Morgan fingerprint density at radius 2 is 2.24 bits per heavy atom. The molecule has 17 heavy (non-hydrogen) atoms. The Bertz CT molecular complexity index is 351. The van der Waals surface area contributed by atoms with Gasteiger partial charge in [-0.3, -0.25) is 0 Å². The van der Waals surface area contributed by atoms with Gasteiger partial charge in [0.2, 0.25) is 0 Å². The highest BCUT2D eigenvalue weighted by Crippen LogP contribution is 2.23. The number of hydrogen-bond donors (Lipinski definition) is 1. The largest absolute Gasteiger partial charge is 0.370 e. The minimum Gasteiger partial charge on any atom is -0.370 e. The first-order chi connectivity index (χ1) is 8.03. The highest BCUT2D eigenvalue weighted by molar-refractivity contribution is 5.04. The van der Waals surface area contributed by atoms with Crippen molar-refractivity contribution in [1.82, 2.24) is 10.5 Å². The Morgan fingerprint density at radius 1 is 1.47 bits per heavy atom. The van der Waals surface area contributed by atoms with Gasteiger partial charge in [0.25, 0.3) is 0 Å². The second-order valence-corrected chi connectivity index (χ2v) is 5.75. The standard InChI is InChI=1S/C13H22N2O2/c1-13(2,3)14-8-10-7-12(17-15-10)9-16-11-5-4-6-11/h7,11,14H,4-6,8-9H2,1-3H3. The topological polar surface area (TPSA) is 47.3 Å².